The van der Waals surface area contributed by atoms with Crippen molar-refractivity contribution in [2.45, 2.75) is 18.9 Å². The molecule has 1 aromatic heterocycles. The number of carbonyl (C=O) groups is 1. The zero-order chi connectivity index (χ0) is 18.2. The van der Waals surface area contributed by atoms with Crippen molar-refractivity contribution in [1.82, 2.24) is 9.88 Å². The van der Waals surface area contributed by atoms with Crippen LogP contribution >= 0.6 is 11.3 Å². The highest BCUT2D eigenvalue weighted by Gasteiger charge is 2.31. The number of likely N-dealkylation sites (tertiary alicyclic amines) is 1. The van der Waals surface area contributed by atoms with Gasteiger partial charge in [0.2, 0.25) is 12.7 Å². The number of ether oxygens (including phenoxy) is 2. The SMILES string of the molecule is O=C(/C=C/c1ccc2c(c1)OCO2)N1CCCC1c1nc2ccccc2s1. The predicted molar refractivity (Wildman–Crippen MR) is 105 cm³/mol. The number of rotatable bonds is 3. The van der Waals surface area contributed by atoms with E-state index in [1.54, 1.807) is 17.4 Å². The third-order valence-corrected chi connectivity index (χ3v) is 6.08. The molecule has 1 amide bonds. The van der Waals surface area contributed by atoms with Crippen molar-refractivity contribution in [2.75, 3.05) is 13.3 Å². The lowest BCUT2D eigenvalue weighted by Crippen LogP contribution is -2.28. The van der Waals surface area contributed by atoms with Crippen molar-refractivity contribution in [1.29, 1.82) is 0 Å². The smallest absolute Gasteiger partial charge is 0.247 e. The van der Waals surface area contributed by atoms with Gasteiger partial charge in [-0.3, -0.25) is 4.79 Å². The number of amides is 1. The van der Waals surface area contributed by atoms with E-state index in [-0.39, 0.29) is 18.7 Å². The summed E-state index contributed by atoms with van der Waals surface area (Å²) in [7, 11) is 0. The fourth-order valence-electron chi connectivity index (χ4n) is 3.60. The first-order chi connectivity index (χ1) is 13.3. The molecule has 0 radical (unpaired) electrons. The number of hydrogen-bond donors (Lipinski definition) is 0. The van der Waals surface area contributed by atoms with E-state index < -0.39 is 0 Å². The van der Waals surface area contributed by atoms with Crippen LogP contribution in [0.25, 0.3) is 16.3 Å². The van der Waals surface area contributed by atoms with Crippen LogP contribution in [0, 0.1) is 0 Å². The minimum Gasteiger partial charge on any atom is -0.454 e. The average molecular weight is 378 g/mol. The molecule has 5 rings (SSSR count). The van der Waals surface area contributed by atoms with Gasteiger partial charge < -0.3 is 14.4 Å². The Morgan fingerprint density at radius 3 is 3.00 bits per heavy atom. The van der Waals surface area contributed by atoms with Crippen molar-refractivity contribution in [3.63, 3.8) is 0 Å². The van der Waals surface area contributed by atoms with Crippen LogP contribution in [0.3, 0.4) is 0 Å². The molecule has 3 heterocycles. The summed E-state index contributed by atoms with van der Waals surface area (Å²) < 4.78 is 11.9. The van der Waals surface area contributed by atoms with Crippen molar-refractivity contribution < 1.29 is 14.3 Å². The van der Waals surface area contributed by atoms with Crippen LogP contribution in [0.2, 0.25) is 0 Å². The molecule has 6 heteroatoms. The largest absolute Gasteiger partial charge is 0.454 e. The second-order valence-electron chi connectivity index (χ2n) is 6.66. The lowest BCUT2D eigenvalue weighted by Gasteiger charge is -2.21. The van der Waals surface area contributed by atoms with Crippen LogP contribution in [0.5, 0.6) is 11.5 Å². The van der Waals surface area contributed by atoms with E-state index in [1.807, 2.05) is 47.4 Å². The van der Waals surface area contributed by atoms with E-state index in [2.05, 4.69) is 6.07 Å². The van der Waals surface area contributed by atoms with Crippen LogP contribution in [0.1, 0.15) is 29.5 Å². The minimum absolute atomic E-state index is 0.0226. The second kappa shape index (κ2) is 6.70. The number of hydrogen-bond acceptors (Lipinski definition) is 5. The average Bonchev–Trinajstić information content (AvgIpc) is 3.43. The summed E-state index contributed by atoms with van der Waals surface area (Å²) in [6.45, 7) is 1.02. The summed E-state index contributed by atoms with van der Waals surface area (Å²) in [5.41, 5.74) is 1.93. The molecule has 1 unspecified atom stereocenters. The van der Waals surface area contributed by atoms with Crippen molar-refractivity contribution in [3.8, 4) is 11.5 Å². The number of aromatic nitrogens is 1. The Balaban J connectivity index is 1.35. The molecule has 0 N–H and O–H groups in total. The summed E-state index contributed by atoms with van der Waals surface area (Å²) in [4.78, 5) is 19.5. The Bertz CT molecular complexity index is 1010. The quantitative estimate of drug-likeness (QED) is 0.634. The normalized spacial score (nSPS) is 18.7. The number of para-hydroxylation sites is 1. The van der Waals surface area contributed by atoms with Crippen LogP contribution in [0.4, 0.5) is 0 Å². The van der Waals surface area contributed by atoms with E-state index >= 15 is 0 Å². The number of carbonyl (C=O) groups excluding carboxylic acids is 1. The van der Waals surface area contributed by atoms with Gasteiger partial charge in [-0.25, -0.2) is 4.98 Å². The van der Waals surface area contributed by atoms with Gasteiger partial charge in [-0.15, -0.1) is 11.3 Å². The van der Waals surface area contributed by atoms with Crippen LogP contribution in [-0.2, 0) is 4.79 Å². The molecule has 136 valence electrons. The molecule has 0 spiro atoms. The second-order valence-corrected chi connectivity index (χ2v) is 7.72. The van der Waals surface area contributed by atoms with Gasteiger partial charge in [0.25, 0.3) is 0 Å². The van der Waals surface area contributed by atoms with Gasteiger partial charge in [0.15, 0.2) is 11.5 Å². The van der Waals surface area contributed by atoms with Crippen LogP contribution in [-0.4, -0.2) is 29.1 Å². The molecule has 0 aliphatic carbocycles. The van der Waals surface area contributed by atoms with Gasteiger partial charge in [0.1, 0.15) is 5.01 Å². The zero-order valence-electron chi connectivity index (χ0n) is 14.6. The van der Waals surface area contributed by atoms with Crippen molar-refractivity contribution >= 4 is 33.5 Å². The highest BCUT2D eigenvalue weighted by Crippen LogP contribution is 2.37. The summed E-state index contributed by atoms with van der Waals surface area (Å²) in [5.74, 6) is 1.49. The third-order valence-electron chi connectivity index (χ3n) is 4.95. The molecular formula is C21H18N2O3S. The van der Waals surface area contributed by atoms with Crippen LogP contribution in [0.15, 0.2) is 48.5 Å². The summed E-state index contributed by atoms with van der Waals surface area (Å²) in [5, 5.41) is 1.03. The molecule has 2 aromatic carbocycles. The Labute approximate surface area is 160 Å². The first-order valence-electron chi connectivity index (χ1n) is 9.02. The Hall–Kier alpha value is -2.86. The monoisotopic (exact) mass is 378 g/mol. The topological polar surface area (TPSA) is 51.7 Å². The van der Waals surface area contributed by atoms with Gasteiger partial charge in [-0.1, -0.05) is 18.2 Å². The number of thiazole rings is 1. The molecule has 3 aromatic rings. The lowest BCUT2D eigenvalue weighted by atomic mass is 10.2. The summed E-state index contributed by atoms with van der Waals surface area (Å²) in [6, 6.07) is 13.9. The first-order valence-corrected chi connectivity index (χ1v) is 9.83. The standard InChI is InChI=1S/C21H18N2O3S/c24-20(10-8-14-7-9-17-18(12-14)26-13-25-17)23-11-3-5-16(23)21-22-15-4-1-2-6-19(15)27-21/h1-2,4,6-10,12,16H,3,5,11,13H2/b10-8+. The van der Waals surface area contributed by atoms with E-state index in [1.165, 1.54) is 4.70 Å². The molecule has 1 fully saturated rings. The van der Waals surface area contributed by atoms with Gasteiger partial charge in [-0.05, 0) is 48.7 Å². The highest BCUT2D eigenvalue weighted by atomic mass is 32.1. The molecule has 2 aliphatic rings. The maximum atomic E-state index is 12.8. The zero-order valence-corrected chi connectivity index (χ0v) is 15.4. The Kier molecular flexibility index (Phi) is 4.05. The molecule has 2 aliphatic heterocycles. The number of nitrogens with zero attached hydrogens (tertiary/aromatic N) is 2. The third kappa shape index (κ3) is 3.06. The predicted octanol–water partition coefficient (Wildman–Crippen LogP) is 4.40. The summed E-state index contributed by atoms with van der Waals surface area (Å²) >= 11 is 1.68. The van der Waals surface area contributed by atoms with Crippen molar-refractivity contribution in [2.24, 2.45) is 0 Å². The number of benzene rings is 2. The van der Waals surface area contributed by atoms with Gasteiger partial charge >= 0.3 is 0 Å². The number of fused-ring (bicyclic) bond motifs is 2. The molecule has 0 bridgehead atoms. The van der Waals surface area contributed by atoms with Crippen molar-refractivity contribution in [3.05, 3.63) is 59.1 Å². The fraction of sp³-hybridized carbons (Fsp3) is 0.238. The minimum atomic E-state index is 0.0226. The molecular weight excluding hydrogens is 360 g/mol. The Morgan fingerprint density at radius 2 is 2.07 bits per heavy atom. The lowest BCUT2D eigenvalue weighted by molar-refractivity contribution is -0.126. The molecule has 0 saturated carbocycles. The highest BCUT2D eigenvalue weighted by molar-refractivity contribution is 7.18. The molecule has 1 atom stereocenters. The fourth-order valence-corrected chi connectivity index (χ4v) is 4.72. The van der Waals surface area contributed by atoms with E-state index in [4.69, 9.17) is 14.5 Å². The van der Waals surface area contributed by atoms with Crippen LogP contribution < -0.4 is 9.47 Å². The molecule has 5 nitrogen and oxygen atoms in total. The maximum absolute atomic E-state index is 12.8. The van der Waals surface area contributed by atoms with E-state index in [0.29, 0.717) is 0 Å². The van der Waals surface area contributed by atoms with Gasteiger partial charge in [-0.2, -0.15) is 0 Å². The van der Waals surface area contributed by atoms with E-state index in [9.17, 15) is 4.79 Å². The maximum Gasteiger partial charge on any atom is 0.247 e. The molecule has 27 heavy (non-hydrogen) atoms. The molecule has 1 saturated heterocycles. The van der Waals surface area contributed by atoms with Gasteiger partial charge in [0, 0.05) is 12.6 Å². The van der Waals surface area contributed by atoms with Gasteiger partial charge in [0.05, 0.1) is 16.3 Å². The Morgan fingerprint density at radius 1 is 1.19 bits per heavy atom. The van der Waals surface area contributed by atoms with E-state index in [0.717, 1.165) is 47.0 Å². The summed E-state index contributed by atoms with van der Waals surface area (Å²) in [6.07, 6.45) is 5.44. The first kappa shape index (κ1) is 16.3.